The minimum atomic E-state index is -0.183. The largest absolute Gasteiger partial charge is 0.373 e. The van der Waals surface area contributed by atoms with Gasteiger partial charge in [0.05, 0.1) is 0 Å². The van der Waals surface area contributed by atoms with Crippen molar-refractivity contribution in [2.45, 2.75) is 6.04 Å². The first-order valence-corrected chi connectivity index (χ1v) is 6.04. The van der Waals surface area contributed by atoms with Crippen molar-refractivity contribution in [3.05, 3.63) is 30.1 Å². The van der Waals surface area contributed by atoms with Gasteiger partial charge in [0.2, 0.25) is 0 Å². The van der Waals surface area contributed by atoms with Crippen LogP contribution >= 0.6 is 0 Å². The maximum atomic E-state index is 12.8. The van der Waals surface area contributed by atoms with Crippen LogP contribution in [0.3, 0.4) is 0 Å². The molecular formula is C13H20FN3. The Balaban J connectivity index is 1.91. The number of likely N-dealkylation sites (N-methyl/N-ethyl adjacent to an activating group) is 2. The summed E-state index contributed by atoms with van der Waals surface area (Å²) in [4.78, 5) is 4.50. The summed E-state index contributed by atoms with van der Waals surface area (Å²) in [5.41, 5.74) is 1.06. The Bertz CT molecular complexity index is 352. The molecule has 0 radical (unpaired) electrons. The number of benzene rings is 1. The number of rotatable bonds is 3. The molecule has 0 amide bonds. The van der Waals surface area contributed by atoms with Gasteiger partial charge in [-0.3, -0.25) is 0 Å². The molecular weight excluding hydrogens is 217 g/mol. The van der Waals surface area contributed by atoms with E-state index in [1.807, 2.05) is 19.2 Å². The van der Waals surface area contributed by atoms with E-state index in [2.05, 4.69) is 22.2 Å². The number of halogens is 1. The molecule has 4 heteroatoms. The van der Waals surface area contributed by atoms with Gasteiger partial charge in [-0.2, -0.15) is 0 Å². The molecule has 1 aromatic carbocycles. The van der Waals surface area contributed by atoms with E-state index in [1.165, 1.54) is 12.1 Å². The highest BCUT2D eigenvalue weighted by molar-refractivity contribution is 5.45. The Kier molecular flexibility index (Phi) is 3.97. The summed E-state index contributed by atoms with van der Waals surface area (Å²) in [6.07, 6.45) is 0. The van der Waals surface area contributed by atoms with Crippen molar-refractivity contribution < 1.29 is 4.39 Å². The topological polar surface area (TPSA) is 18.5 Å². The van der Waals surface area contributed by atoms with Crippen LogP contribution < -0.4 is 10.2 Å². The average molecular weight is 237 g/mol. The van der Waals surface area contributed by atoms with Crippen LogP contribution in [0, 0.1) is 5.82 Å². The van der Waals surface area contributed by atoms with Gasteiger partial charge in [0.1, 0.15) is 5.82 Å². The Labute approximate surface area is 102 Å². The van der Waals surface area contributed by atoms with Gasteiger partial charge in [-0.25, -0.2) is 4.39 Å². The van der Waals surface area contributed by atoms with Crippen LogP contribution in [0.1, 0.15) is 0 Å². The third-order valence-corrected chi connectivity index (χ3v) is 3.22. The molecule has 94 valence electrons. The third kappa shape index (κ3) is 3.41. The first-order valence-electron chi connectivity index (χ1n) is 6.04. The first-order chi connectivity index (χ1) is 8.15. The first kappa shape index (κ1) is 12.3. The molecule has 1 aliphatic heterocycles. The van der Waals surface area contributed by atoms with Gasteiger partial charge in [-0.05, 0) is 31.3 Å². The highest BCUT2D eigenvalue weighted by atomic mass is 19.1. The summed E-state index contributed by atoms with van der Waals surface area (Å²) >= 11 is 0. The number of hydrogen-bond acceptors (Lipinski definition) is 3. The predicted molar refractivity (Wildman–Crippen MR) is 69.0 cm³/mol. The monoisotopic (exact) mass is 237 g/mol. The van der Waals surface area contributed by atoms with Gasteiger partial charge in [0.15, 0.2) is 0 Å². The number of anilines is 1. The van der Waals surface area contributed by atoms with Crippen molar-refractivity contribution in [3.8, 4) is 0 Å². The maximum absolute atomic E-state index is 12.8. The van der Waals surface area contributed by atoms with Crippen LogP contribution in [0.2, 0.25) is 0 Å². The fraction of sp³-hybridized carbons (Fsp3) is 0.538. The van der Waals surface area contributed by atoms with Crippen LogP contribution in [0.4, 0.5) is 10.1 Å². The lowest BCUT2D eigenvalue weighted by Crippen LogP contribution is -2.53. The second-order valence-corrected chi connectivity index (χ2v) is 4.77. The van der Waals surface area contributed by atoms with Gasteiger partial charge < -0.3 is 15.1 Å². The summed E-state index contributed by atoms with van der Waals surface area (Å²) in [6.45, 7) is 4.15. The SMILES string of the molecule is CN1CCNC(CN(C)c2ccc(F)cc2)C1. The molecule has 1 saturated heterocycles. The number of hydrogen-bond donors (Lipinski definition) is 1. The van der Waals surface area contributed by atoms with Gasteiger partial charge in [0.25, 0.3) is 0 Å². The van der Waals surface area contributed by atoms with Crippen molar-refractivity contribution in [1.29, 1.82) is 0 Å². The summed E-state index contributed by atoms with van der Waals surface area (Å²) < 4.78 is 12.8. The molecule has 0 aromatic heterocycles. The zero-order valence-corrected chi connectivity index (χ0v) is 10.5. The van der Waals surface area contributed by atoms with E-state index < -0.39 is 0 Å². The van der Waals surface area contributed by atoms with E-state index in [9.17, 15) is 4.39 Å². The zero-order chi connectivity index (χ0) is 12.3. The van der Waals surface area contributed by atoms with E-state index >= 15 is 0 Å². The zero-order valence-electron chi connectivity index (χ0n) is 10.5. The van der Waals surface area contributed by atoms with Gasteiger partial charge in [-0.1, -0.05) is 0 Å². The average Bonchev–Trinajstić information content (AvgIpc) is 2.29. The highest BCUT2D eigenvalue weighted by Gasteiger charge is 2.17. The second kappa shape index (κ2) is 5.47. The summed E-state index contributed by atoms with van der Waals surface area (Å²) in [6, 6.07) is 7.13. The molecule has 3 nitrogen and oxygen atoms in total. The molecule has 0 bridgehead atoms. The Morgan fingerprint density at radius 1 is 1.41 bits per heavy atom. The molecule has 1 N–H and O–H groups in total. The summed E-state index contributed by atoms with van der Waals surface area (Å²) in [5, 5.41) is 3.50. The Morgan fingerprint density at radius 3 is 2.76 bits per heavy atom. The van der Waals surface area contributed by atoms with Crippen molar-refractivity contribution in [2.24, 2.45) is 0 Å². The van der Waals surface area contributed by atoms with E-state index in [1.54, 1.807) is 0 Å². The normalized spacial score (nSPS) is 21.5. The van der Waals surface area contributed by atoms with Crippen molar-refractivity contribution in [2.75, 3.05) is 45.2 Å². The maximum Gasteiger partial charge on any atom is 0.123 e. The number of piperazine rings is 1. The van der Waals surface area contributed by atoms with E-state index in [4.69, 9.17) is 0 Å². The Hall–Kier alpha value is -1.13. The lowest BCUT2D eigenvalue weighted by Gasteiger charge is -2.34. The molecule has 1 aromatic rings. The third-order valence-electron chi connectivity index (χ3n) is 3.22. The molecule has 0 spiro atoms. The lowest BCUT2D eigenvalue weighted by atomic mass is 10.2. The van der Waals surface area contributed by atoms with Crippen LogP contribution in [-0.4, -0.2) is 51.2 Å². The van der Waals surface area contributed by atoms with Crippen LogP contribution in [-0.2, 0) is 0 Å². The number of nitrogens with zero attached hydrogens (tertiary/aromatic N) is 2. The van der Waals surface area contributed by atoms with Gasteiger partial charge in [-0.15, -0.1) is 0 Å². The van der Waals surface area contributed by atoms with E-state index in [0.717, 1.165) is 31.9 Å². The predicted octanol–water partition coefficient (Wildman–Crippen LogP) is 1.17. The van der Waals surface area contributed by atoms with Gasteiger partial charge in [0, 0.05) is 45.0 Å². The number of nitrogens with one attached hydrogen (secondary N) is 1. The highest BCUT2D eigenvalue weighted by Crippen LogP contribution is 2.13. The molecule has 0 saturated carbocycles. The Morgan fingerprint density at radius 2 is 2.12 bits per heavy atom. The molecule has 1 unspecified atom stereocenters. The molecule has 17 heavy (non-hydrogen) atoms. The van der Waals surface area contributed by atoms with Gasteiger partial charge >= 0.3 is 0 Å². The van der Waals surface area contributed by atoms with Crippen molar-refractivity contribution in [3.63, 3.8) is 0 Å². The molecule has 1 atom stereocenters. The fourth-order valence-corrected chi connectivity index (χ4v) is 2.25. The fourth-order valence-electron chi connectivity index (χ4n) is 2.25. The molecule has 1 aliphatic rings. The smallest absolute Gasteiger partial charge is 0.123 e. The molecule has 2 rings (SSSR count). The standard InChI is InChI=1S/C13H20FN3/c1-16-8-7-15-12(9-16)10-17(2)13-5-3-11(14)4-6-13/h3-6,12,15H,7-10H2,1-2H3. The van der Waals surface area contributed by atoms with Crippen molar-refractivity contribution in [1.82, 2.24) is 10.2 Å². The van der Waals surface area contributed by atoms with Crippen LogP contribution in [0.5, 0.6) is 0 Å². The molecule has 1 heterocycles. The minimum Gasteiger partial charge on any atom is -0.373 e. The minimum absolute atomic E-state index is 0.183. The lowest BCUT2D eigenvalue weighted by molar-refractivity contribution is 0.241. The molecule has 0 aliphatic carbocycles. The van der Waals surface area contributed by atoms with Crippen LogP contribution in [0.25, 0.3) is 0 Å². The quantitative estimate of drug-likeness (QED) is 0.851. The van der Waals surface area contributed by atoms with E-state index in [-0.39, 0.29) is 5.82 Å². The van der Waals surface area contributed by atoms with Crippen LogP contribution in [0.15, 0.2) is 24.3 Å². The molecule has 1 fully saturated rings. The summed E-state index contributed by atoms with van der Waals surface area (Å²) in [7, 11) is 4.19. The van der Waals surface area contributed by atoms with E-state index in [0.29, 0.717) is 6.04 Å². The summed E-state index contributed by atoms with van der Waals surface area (Å²) in [5.74, 6) is -0.183. The second-order valence-electron chi connectivity index (χ2n) is 4.77. The van der Waals surface area contributed by atoms with Crippen molar-refractivity contribution >= 4 is 5.69 Å².